The van der Waals surface area contributed by atoms with Crippen LogP contribution >= 0.6 is 11.8 Å². The van der Waals surface area contributed by atoms with Gasteiger partial charge in [-0.2, -0.15) is 0 Å². The normalized spacial score (nSPS) is 15.4. The molecule has 3 amide bonds. The van der Waals surface area contributed by atoms with E-state index in [0.717, 1.165) is 22.2 Å². The van der Waals surface area contributed by atoms with Gasteiger partial charge >= 0.3 is 0 Å². The molecule has 0 aliphatic carbocycles. The molecule has 0 saturated carbocycles. The summed E-state index contributed by atoms with van der Waals surface area (Å²) in [5, 5.41) is 2.06. The van der Waals surface area contributed by atoms with Crippen molar-refractivity contribution in [2.75, 3.05) is 18.8 Å². The molecule has 0 aromatic heterocycles. The maximum Gasteiger partial charge on any atom is 0.293 e. The summed E-state index contributed by atoms with van der Waals surface area (Å²) in [5.41, 5.74) is 1.52. The number of carbonyl (C=O) groups excluding carboxylic acids is 3. The van der Waals surface area contributed by atoms with E-state index in [9.17, 15) is 27.2 Å². The Balaban J connectivity index is 1.48. The van der Waals surface area contributed by atoms with E-state index < -0.39 is 32.7 Å². The van der Waals surface area contributed by atoms with Crippen molar-refractivity contribution in [2.24, 2.45) is 0 Å². The van der Waals surface area contributed by atoms with E-state index in [1.54, 1.807) is 12.1 Å². The number of halogens is 1. The van der Waals surface area contributed by atoms with E-state index in [0.29, 0.717) is 5.56 Å². The lowest BCUT2D eigenvalue weighted by Gasteiger charge is -2.13. The first-order chi connectivity index (χ1) is 15.2. The van der Waals surface area contributed by atoms with Crippen LogP contribution in [-0.4, -0.2) is 49.2 Å². The number of hydrogen-bond acceptors (Lipinski definition) is 6. The lowest BCUT2D eigenvalue weighted by molar-refractivity contribution is -0.124. The second-order valence-corrected chi connectivity index (χ2v) is 10.2. The number of hydrogen-bond donors (Lipinski definition) is 1. The van der Waals surface area contributed by atoms with Crippen molar-refractivity contribution >= 4 is 44.7 Å². The van der Waals surface area contributed by atoms with Gasteiger partial charge in [0.2, 0.25) is 5.91 Å². The summed E-state index contributed by atoms with van der Waals surface area (Å²) in [5.74, 6) is -1.74. The van der Waals surface area contributed by atoms with Gasteiger partial charge in [-0.15, -0.1) is 0 Å². The summed E-state index contributed by atoms with van der Waals surface area (Å²) < 4.78 is 37.6. The molecular formula is C22H21FN2O5S2. The first-order valence-corrected chi connectivity index (χ1v) is 12.2. The Hall–Kier alpha value is -2.98. The third kappa shape index (κ3) is 6.04. The second-order valence-electron chi connectivity index (χ2n) is 7.12. The van der Waals surface area contributed by atoms with Crippen molar-refractivity contribution in [3.63, 3.8) is 0 Å². The Morgan fingerprint density at radius 1 is 1.09 bits per heavy atom. The quantitative estimate of drug-likeness (QED) is 0.588. The number of amides is 3. The molecule has 0 radical (unpaired) electrons. The van der Waals surface area contributed by atoms with Crippen LogP contribution in [0.15, 0.2) is 58.3 Å². The maximum absolute atomic E-state index is 13.0. The van der Waals surface area contributed by atoms with E-state index in [2.05, 4.69) is 5.32 Å². The number of nitrogens with zero attached hydrogens (tertiary/aromatic N) is 1. The zero-order valence-electron chi connectivity index (χ0n) is 17.2. The monoisotopic (exact) mass is 476 g/mol. The van der Waals surface area contributed by atoms with Gasteiger partial charge in [0.15, 0.2) is 9.84 Å². The Morgan fingerprint density at radius 3 is 2.41 bits per heavy atom. The highest BCUT2D eigenvalue weighted by molar-refractivity contribution is 8.18. The average molecular weight is 477 g/mol. The fourth-order valence-corrected chi connectivity index (χ4v) is 4.99. The van der Waals surface area contributed by atoms with E-state index >= 15 is 0 Å². The van der Waals surface area contributed by atoms with Gasteiger partial charge in [0, 0.05) is 19.5 Å². The van der Waals surface area contributed by atoms with Gasteiger partial charge in [0.25, 0.3) is 11.1 Å². The molecule has 1 saturated heterocycles. The van der Waals surface area contributed by atoms with Crippen LogP contribution in [0, 0.1) is 12.7 Å². The molecule has 2 aromatic rings. The van der Waals surface area contributed by atoms with Gasteiger partial charge in [-0.3, -0.25) is 19.3 Å². The zero-order valence-corrected chi connectivity index (χ0v) is 18.8. The molecule has 168 valence electrons. The molecule has 1 aliphatic heterocycles. The topological polar surface area (TPSA) is 101 Å². The largest absolute Gasteiger partial charge is 0.354 e. The summed E-state index contributed by atoms with van der Waals surface area (Å²) >= 11 is 0.765. The summed E-state index contributed by atoms with van der Waals surface area (Å²) in [7, 11) is -3.58. The predicted octanol–water partition coefficient (Wildman–Crippen LogP) is 3.15. The lowest BCUT2D eigenvalue weighted by Crippen LogP contribution is -2.37. The Labute approximate surface area is 189 Å². The molecule has 1 N–H and O–H groups in total. The van der Waals surface area contributed by atoms with Gasteiger partial charge < -0.3 is 5.32 Å². The highest BCUT2D eigenvalue weighted by atomic mass is 32.2. The van der Waals surface area contributed by atoms with Crippen molar-refractivity contribution in [2.45, 2.75) is 18.2 Å². The highest BCUT2D eigenvalue weighted by Crippen LogP contribution is 2.31. The maximum atomic E-state index is 13.0. The molecule has 1 heterocycles. The smallest absolute Gasteiger partial charge is 0.293 e. The molecule has 10 heteroatoms. The summed E-state index contributed by atoms with van der Waals surface area (Å²) in [6.07, 6.45) is 1.27. The molecule has 0 atom stereocenters. The van der Waals surface area contributed by atoms with Crippen LogP contribution in [0.5, 0.6) is 0 Å². The van der Waals surface area contributed by atoms with Gasteiger partial charge in [-0.1, -0.05) is 29.8 Å². The molecule has 0 bridgehead atoms. The Bertz CT molecular complexity index is 1160. The van der Waals surface area contributed by atoms with E-state index in [4.69, 9.17) is 0 Å². The van der Waals surface area contributed by atoms with Crippen LogP contribution in [-0.2, 0) is 19.4 Å². The molecule has 3 rings (SSSR count). The number of sulfone groups is 1. The molecule has 1 fully saturated rings. The molecule has 0 unspecified atom stereocenters. The number of imide groups is 1. The highest BCUT2D eigenvalue weighted by Gasteiger charge is 2.34. The minimum Gasteiger partial charge on any atom is -0.354 e. The minimum absolute atomic E-state index is 0.00524. The molecule has 0 spiro atoms. The van der Waals surface area contributed by atoms with E-state index in [1.807, 2.05) is 6.92 Å². The third-order valence-corrected chi connectivity index (χ3v) is 7.32. The first-order valence-electron chi connectivity index (χ1n) is 9.73. The molecule has 7 nitrogen and oxygen atoms in total. The van der Waals surface area contributed by atoms with E-state index in [-0.39, 0.29) is 35.1 Å². The lowest BCUT2D eigenvalue weighted by atomic mass is 10.2. The average Bonchev–Trinajstić information content (AvgIpc) is 3.01. The van der Waals surface area contributed by atoms with Crippen LogP contribution in [0.1, 0.15) is 17.5 Å². The molecule has 1 aliphatic rings. The van der Waals surface area contributed by atoms with Crippen LogP contribution < -0.4 is 5.32 Å². The third-order valence-electron chi connectivity index (χ3n) is 4.68. The predicted molar refractivity (Wildman–Crippen MR) is 120 cm³/mol. The summed E-state index contributed by atoms with van der Waals surface area (Å²) in [4.78, 5) is 38.0. The van der Waals surface area contributed by atoms with Gasteiger partial charge in [0.1, 0.15) is 5.82 Å². The van der Waals surface area contributed by atoms with Crippen molar-refractivity contribution < 1.29 is 27.2 Å². The van der Waals surface area contributed by atoms with E-state index in [1.165, 1.54) is 42.5 Å². The van der Waals surface area contributed by atoms with Crippen molar-refractivity contribution in [1.82, 2.24) is 10.2 Å². The summed E-state index contributed by atoms with van der Waals surface area (Å²) in [6.45, 7) is 1.81. The Kier molecular flexibility index (Phi) is 7.47. The number of thioether (sulfide) groups is 1. The van der Waals surface area contributed by atoms with Crippen LogP contribution in [0.25, 0.3) is 6.08 Å². The summed E-state index contributed by atoms with van der Waals surface area (Å²) in [6, 6.07) is 11.9. The molecule has 2 aromatic carbocycles. The first kappa shape index (κ1) is 23.7. The van der Waals surface area contributed by atoms with Crippen LogP contribution in [0.4, 0.5) is 9.18 Å². The number of aryl methyl sites for hydroxylation is 1. The number of rotatable bonds is 8. The van der Waals surface area contributed by atoms with Crippen molar-refractivity contribution in [1.29, 1.82) is 0 Å². The molecular weight excluding hydrogens is 455 g/mol. The van der Waals surface area contributed by atoms with Crippen molar-refractivity contribution in [3.05, 3.63) is 70.4 Å². The second kappa shape index (κ2) is 10.1. The molecule has 32 heavy (non-hydrogen) atoms. The standard InChI is InChI=1S/C22H21FN2O5S2/c1-15-2-8-18(9-3-15)32(29,30)13-10-20(26)24-11-12-25-21(27)19(31-22(25)28)14-16-4-6-17(23)7-5-16/h2-9,14H,10-13H2,1H3,(H,24,26). The number of carbonyl (C=O) groups is 3. The number of nitrogens with one attached hydrogen (secondary N) is 1. The van der Waals surface area contributed by atoms with Gasteiger partial charge in [-0.25, -0.2) is 12.8 Å². The fourth-order valence-electron chi connectivity index (χ4n) is 2.89. The van der Waals surface area contributed by atoms with Crippen LogP contribution in [0.2, 0.25) is 0 Å². The van der Waals surface area contributed by atoms with Crippen molar-refractivity contribution in [3.8, 4) is 0 Å². The number of benzene rings is 2. The zero-order chi connectivity index (χ0) is 23.3. The minimum atomic E-state index is -3.58. The van der Waals surface area contributed by atoms with Gasteiger partial charge in [-0.05, 0) is 54.6 Å². The van der Waals surface area contributed by atoms with Gasteiger partial charge in [0.05, 0.1) is 15.6 Å². The van der Waals surface area contributed by atoms with Crippen LogP contribution in [0.3, 0.4) is 0 Å². The fraction of sp³-hybridized carbons (Fsp3) is 0.227. The SMILES string of the molecule is Cc1ccc(S(=O)(=O)CCC(=O)NCCN2C(=O)SC(=Cc3ccc(F)cc3)C2=O)cc1. The Morgan fingerprint density at radius 2 is 1.75 bits per heavy atom.